The van der Waals surface area contributed by atoms with Crippen LogP contribution >= 0.6 is 7.92 Å². The van der Waals surface area contributed by atoms with Crippen LogP contribution in [0.3, 0.4) is 0 Å². The largest absolute Gasteiger partial charge is 0.242 e. The Balaban J connectivity index is 2.35. The fourth-order valence-corrected chi connectivity index (χ4v) is 6.51. The van der Waals surface area contributed by atoms with E-state index in [9.17, 15) is 4.21 Å². The minimum absolute atomic E-state index is 0.0189. The zero-order valence-electron chi connectivity index (χ0n) is 16.8. The van der Waals surface area contributed by atoms with Crippen LogP contribution in [0.1, 0.15) is 41.5 Å². The van der Waals surface area contributed by atoms with Crippen molar-refractivity contribution in [3.8, 4) is 0 Å². The standard InChI is InChI=1S/C22H32NOPS/c1-21(2,3)20(23-26(24)22(4,5)6)17-25(18-13-9-7-10-14-18)19-15-11-8-12-16-19/h7-16,20,23H,17H2,1-6H3/t20-,26-/m1/s1. The maximum atomic E-state index is 12.8. The van der Waals surface area contributed by atoms with E-state index in [1.165, 1.54) is 10.6 Å². The van der Waals surface area contributed by atoms with Gasteiger partial charge in [-0.25, -0.2) is 8.93 Å². The van der Waals surface area contributed by atoms with E-state index in [1.807, 2.05) is 20.8 Å². The van der Waals surface area contributed by atoms with Crippen LogP contribution in [-0.2, 0) is 11.0 Å². The van der Waals surface area contributed by atoms with E-state index in [4.69, 9.17) is 0 Å². The third kappa shape index (κ3) is 6.01. The molecule has 142 valence electrons. The number of hydrogen-bond acceptors (Lipinski definition) is 1. The average molecular weight is 390 g/mol. The lowest BCUT2D eigenvalue weighted by molar-refractivity contribution is 0.324. The van der Waals surface area contributed by atoms with Gasteiger partial charge < -0.3 is 0 Å². The summed E-state index contributed by atoms with van der Waals surface area (Å²) < 4.78 is 16.0. The van der Waals surface area contributed by atoms with Crippen LogP contribution in [0.2, 0.25) is 0 Å². The van der Waals surface area contributed by atoms with Crippen LogP contribution in [0.15, 0.2) is 60.7 Å². The van der Waals surface area contributed by atoms with Crippen molar-refractivity contribution in [3.05, 3.63) is 60.7 Å². The summed E-state index contributed by atoms with van der Waals surface area (Å²) in [6, 6.07) is 21.6. The Morgan fingerprint density at radius 3 is 1.62 bits per heavy atom. The maximum absolute atomic E-state index is 12.8. The lowest BCUT2D eigenvalue weighted by atomic mass is 9.89. The summed E-state index contributed by atoms with van der Waals surface area (Å²) in [6.07, 6.45) is 0.967. The lowest BCUT2D eigenvalue weighted by Gasteiger charge is -2.36. The second-order valence-corrected chi connectivity index (χ2v) is 13.0. The predicted molar refractivity (Wildman–Crippen MR) is 118 cm³/mol. The highest BCUT2D eigenvalue weighted by Crippen LogP contribution is 2.38. The van der Waals surface area contributed by atoms with Crippen LogP contribution in [0.25, 0.3) is 0 Å². The molecular formula is C22H32NOPS. The first-order chi connectivity index (χ1) is 12.1. The molecule has 26 heavy (non-hydrogen) atoms. The molecule has 0 aliphatic rings. The zero-order valence-corrected chi connectivity index (χ0v) is 18.5. The summed E-state index contributed by atoms with van der Waals surface area (Å²) in [6.45, 7) is 12.8. The van der Waals surface area contributed by atoms with E-state index in [1.54, 1.807) is 0 Å². The van der Waals surface area contributed by atoms with Gasteiger partial charge in [-0.3, -0.25) is 0 Å². The topological polar surface area (TPSA) is 29.1 Å². The summed E-state index contributed by atoms with van der Waals surface area (Å²) in [5.41, 5.74) is 0.0189. The molecule has 0 aliphatic carbocycles. The highest BCUT2D eigenvalue weighted by atomic mass is 32.2. The van der Waals surface area contributed by atoms with Gasteiger partial charge in [0.05, 0.1) is 15.7 Å². The van der Waals surface area contributed by atoms with Crippen molar-refractivity contribution >= 4 is 29.5 Å². The first kappa shape index (κ1) is 21.3. The molecule has 0 aliphatic heterocycles. The van der Waals surface area contributed by atoms with Gasteiger partial charge in [-0.15, -0.1) is 0 Å². The zero-order chi connectivity index (χ0) is 19.4. The van der Waals surface area contributed by atoms with Crippen molar-refractivity contribution in [1.29, 1.82) is 0 Å². The predicted octanol–water partition coefficient (Wildman–Crippen LogP) is 4.59. The number of benzene rings is 2. The van der Waals surface area contributed by atoms with Gasteiger partial charge in [-0.05, 0) is 50.9 Å². The van der Waals surface area contributed by atoms with Gasteiger partial charge in [0.2, 0.25) is 0 Å². The van der Waals surface area contributed by atoms with Crippen molar-refractivity contribution in [3.63, 3.8) is 0 Å². The SMILES string of the molecule is CC(C)(C)[C@@H](CP(c1ccccc1)c1ccccc1)N[S@](=O)C(C)(C)C. The van der Waals surface area contributed by atoms with E-state index in [-0.39, 0.29) is 16.2 Å². The van der Waals surface area contributed by atoms with Crippen molar-refractivity contribution in [2.45, 2.75) is 52.3 Å². The van der Waals surface area contributed by atoms with Crippen LogP contribution in [-0.4, -0.2) is 21.2 Å². The quantitative estimate of drug-likeness (QED) is 0.720. The van der Waals surface area contributed by atoms with Crippen molar-refractivity contribution in [1.82, 2.24) is 4.72 Å². The van der Waals surface area contributed by atoms with Crippen molar-refractivity contribution in [2.24, 2.45) is 5.41 Å². The smallest absolute Gasteiger partial charge is 0.0973 e. The molecule has 1 N–H and O–H groups in total. The Morgan fingerprint density at radius 1 is 0.846 bits per heavy atom. The molecule has 4 heteroatoms. The molecule has 0 radical (unpaired) electrons. The monoisotopic (exact) mass is 389 g/mol. The van der Waals surface area contributed by atoms with E-state index in [2.05, 4.69) is 86.2 Å². The summed E-state index contributed by atoms with van der Waals surface area (Å²) in [7, 11) is -1.60. The highest BCUT2D eigenvalue weighted by Gasteiger charge is 2.32. The van der Waals surface area contributed by atoms with E-state index >= 15 is 0 Å². The molecule has 2 nitrogen and oxygen atoms in total. The van der Waals surface area contributed by atoms with Crippen LogP contribution in [0, 0.1) is 5.41 Å². The number of rotatable bonds is 6. The van der Waals surface area contributed by atoms with Gasteiger partial charge >= 0.3 is 0 Å². The highest BCUT2D eigenvalue weighted by molar-refractivity contribution is 7.84. The fourth-order valence-electron chi connectivity index (χ4n) is 2.55. The second-order valence-electron chi connectivity index (χ2n) is 8.70. The first-order valence-electron chi connectivity index (χ1n) is 9.15. The summed E-state index contributed by atoms with van der Waals surface area (Å²) in [4.78, 5) is 0. The normalized spacial score (nSPS) is 15.0. The van der Waals surface area contributed by atoms with Crippen molar-refractivity contribution < 1.29 is 4.21 Å². The van der Waals surface area contributed by atoms with Gasteiger partial charge in [0, 0.05) is 6.04 Å². The Bertz CT molecular complexity index is 665. The second kappa shape index (κ2) is 8.78. The molecule has 0 bridgehead atoms. The molecule has 2 rings (SSSR count). The Hall–Kier alpha value is -1.02. The fraction of sp³-hybridized carbons (Fsp3) is 0.455. The van der Waals surface area contributed by atoms with Gasteiger partial charge in [0.25, 0.3) is 0 Å². The molecule has 0 aromatic heterocycles. The number of nitrogens with one attached hydrogen (secondary N) is 1. The molecule has 0 heterocycles. The summed E-state index contributed by atoms with van der Waals surface area (Å²) in [5.74, 6) is 0. The minimum atomic E-state index is -1.08. The molecule has 0 unspecified atom stereocenters. The van der Waals surface area contributed by atoms with Crippen LogP contribution in [0.5, 0.6) is 0 Å². The first-order valence-corrected chi connectivity index (χ1v) is 11.8. The lowest BCUT2D eigenvalue weighted by Crippen LogP contribution is -2.48. The Kier molecular flexibility index (Phi) is 7.19. The molecule has 0 saturated heterocycles. The molecular weight excluding hydrogens is 357 g/mol. The minimum Gasteiger partial charge on any atom is -0.242 e. The van der Waals surface area contributed by atoms with Gasteiger partial charge in [-0.1, -0.05) is 81.4 Å². The molecule has 0 fully saturated rings. The van der Waals surface area contributed by atoms with Crippen molar-refractivity contribution in [2.75, 3.05) is 6.16 Å². The van der Waals surface area contributed by atoms with Gasteiger partial charge in [0.15, 0.2) is 0 Å². The van der Waals surface area contributed by atoms with Crippen LogP contribution in [0.4, 0.5) is 0 Å². The van der Waals surface area contributed by atoms with Gasteiger partial charge in [-0.2, -0.15) is 0 Å². The maximum Gasteiger partial charge on any atom is 0.0973 e. The summed E-state index contributed by atoms with van der Waals surface area (Å²) in [5, 5.41) is 2.73. The molecule has 0 spiro atoms. The Morgan fingerprint density at radius 2 is 1.27 bits per heavy atom. The van der Waals surface area contributed by atoms with E-state index < -0.39 is 18.9 Å². The summed E-state index contributed by atoms with van der Waals surface area (Å²) >= 11 is 0. The Labute approximate surface area is 163 Å². The molecule has 2 aromatic rings. The van der Waals surface area contributed by atoms with Crippen LogP contribution < -0.4 is 15.3 Å². The van der Waals surface area contributed by atoms with E-state index in [0.29, 0.717) is 0 Å². The number of hydrogen-bond donors (Lipinski definition) is 1. The molecule has 2 aromatic carbocycles. The van der Waals surface area contributed by atoms with E-state index in [0.717, 1.165) is 6.16 Å². The molecule has 2 atom stereocenters. The van der Waals surface area contributed by atoms with Gasteiger partial charge in [0.1, 0.15) is 0 Å². The third-order valence-electron chi connectivity index (χ3n) is 4.35. The third-order valence-corrected chi connectivity index (χ3v) is 8.54. The molecule has 0 saturated carbocycles. The molecule has 0 amide bonds. The average Bonchev–Trinajstić information content (AvgIpc) is 2.58.